The van der Waals surface area contributed by atoms with Crippen LogP contribution in [0.3, 0.4) is 0 Å². The lowest BCUT2D eigenvalue weighted by Crippen LogP contribution is -1.95. The van der Waals surface area contributed by atoms with Gasteiger partial charge in [-0.15, -0.1) is 0 Å². The van der Waals surface area contributed by atoms with Gasteiger partial charge in [-0.2, -0.15) is 0 Å². The third kappa shape index (κ3) is 3.76. The summed E-state index contributed by atoms with van der Waals surface area (Å²) in [6.45, 7) is -0.0479. The summed E-state index contributed by atoms with van der Waals surface area (Å²) in [5, 5.41) is 9.59. The lowest BCUT2D eigenvalue weighted by Gasteiger charge is -2.06. The van der Waals surface area contributed by atoms with Crippen molar-refractivity contribution in [3.63, 3.8) is 0 Å². The Balaban J connectivity index is 2.22. The molecule has 3 nitrogen and oxygen atoms in total. The summed E-state index contributed by atoms with van der Waals surface area (Å²) >= 11 is 7.58. The molecule has 0 saturated heterocycles. The van der Waals surface area contributed by atoms with Crippen molar-refractivity contribution in [3.05, 3.63) is 53.1 Å². The summed E-state index contributed by atoms with van der Waals surface area (Å²) in [5.74, 6) is 0. The summed E-state index contributed by atoms with van der Waals surface area (Å²) in [6, 6.07) is 12.0. The van der Waals surface area contributed by atoms with Gasteiger partial charge in [0.1, 0.15) is 0 Å². The van der Waals surface area contributed by atoms with Crippen LogP contribution in [0.25, 0.3) is 0 Å². The fourth-order valence-corrected chi connectivity index (χ4v) is 3.38. The zero-order valence-electron chi connectivity index (χ0n) is 10.7. The minimum Gasteiger partial charge on any atom is -0.392 e. The fraction of sp³-hybridized carbons (Fsp3) is 0.143. The Labute approximate surface area is 127 Å². The van der Waals surface area contributed by atoms with E-state index in [1.165, 1.54) is 18.0 Å². The van der Waals surface area contributed by atoms with Crippen LogP contribution in [0.1, 0.15) is 5.56 Å². The quantitative estimate of drug-likeness (QED) is 0.934. The van der Waals surface area contributed by atoms with E-state index in [4.69, 9.17) is 16.7 Å². The van der Waals surface area contributed by atoms with Crippen molar-refractivity contribution in [2.24, 2.45) is 0 Å². The van der Waals surface area contributed by atoms with E-state index in [0.717, 1.165) is 15.4 Å². The first-order chi connectivity index (χ1) is 9.40. The lowest BCUT2D eigenvalue weighted by atomic mass is 10.2. The number of hydrogen-bond donors (Lipinski definition) is 1. The van der Waals surface area contributed by atoms with E-state index in [0.29, 0.717) is 9.92 Å². The molecule has 0 amide bonds. The van der Waals surface area contributed by atoms with Crippen LogP contribution in [-0.2, 0) is 16.4 Å². The third-order valence-electron chi connectivity index (χ3n) is 2.66. The summed E-state index contributed by atoms with van der Waals surface area (Å²) in [5.41, 5.74) is 0.756. The molecule has 0 aromatic heterocycles. The van der Waals surface area contributed by atoms with Crippen LogP contribution in [0.4, 0.5) is 0 Å². The van der Waals surface area contributed by atoms with E-state index in [9.17, 15) is 8.42 Å². The van der Waals surface area contributed by atoms with Crippen LogP contribution >= 0.6 is 23.4 Å². The second-order valence-electron chi connectivity index (χ2n) is 4.27. The average Bonchev–Trinajstić information content (AvgIpc) is 2.40. The lowest BCUT2D eigenvalue weighted by molar-refractivity contribution is 0.282. The van der Waals surface area contributed by atoms with Gasteiger partial charge in [0, 0.05) is 16.0 Å². The van der Waals surface area contributed by atoms with Crippen LogP contribution in [0, 0.1) is 0 Å². The van der Waals surface area contributed by atoms with Gasteiger partial charge >= 0.3 is 0 Å². The van der Waals surface area contributed by atoms with Gasteiger partial charge in [-0.05, 0) is 42.0 Å². The van der Waals surface area contributed by atoms with Crippen LogP contribution in [-0.4, -0.2) is 19.8 Å². The maximum atomic E-state index is 11.4. The van der Waals surface area contributed by atoms with Crippen LogP contribution in [0.2, 0.25) is 5.02 Å². The van der Waals surface area contributed by atoms with E-state index in [1.54, 1.807) is 36.4 Å². The van der Waals surface area contributed by atoms with Gasteiger partial charge in [-0.25, -0.2) is 8.42 Å². The smallest absolute Gasteiger partial charge is 0.175 e. The average molecular weight is 329 g/mol. The minimum absolute atomic E-state index is 0.0479. The molecule has 1 N–H and O–H groups in total. The van der Waals surface area contributed by atoms with Gasteiger partial charge in [0.25, 0.3) is 0 Å². The molecule has 0 heterocycles. The van der Waals surface area contributed by atoms with E-state index < -0.39 is 9.84 Å². The number of hydrogen-bond acceptors (Lipinski definition) is 4. The normalized spacial score (nSPS) is 11.6. The molecule has 0 aliphatic rings. The molecule has 0 fully saturated rings. The van der Waals surface area contributed by atoms with E-state index >= 15 is 0 Å². The van der Waals surface area contributed by atoms with Crippen molar-refractivity contribution in [2.45, 2.75) is 21.3 Å². The van der Waals surface area contributed by atoms with Gasteiger partial charge in [-0.1, -0.05) is 29.4 Å². The molecule has 106 valence electrons. The third-order valence-corrected chi connectivity index (χ3v) is 5.30. The second kappa shape index (κ2) is 6.18. The Morgan fingerprint density at radius 2 is 1.80 bits per heavy atom. The van der Waals surface area contributed by atoms with Crippen molar-refractivity contribution in [1.29, 1.82) is 0 Å². The zero-order valence-corrected chi connectivity index (χ0v) is 13.1. The van der Waals surface area contributed by atoms with Gasteiger partial charge in [0.2, 0.25) is 0 Å². The van der Waals surface area contributed by atoms with Crippen molar-refractivity contribution in [1.82, 2.24) is 0 Å². The number of rotatable bonds is 4. The van der Waals surface area contributed by atoms with E-state index in [2.05, 4.69) is 0 Å². The molecule has 2 aromatic rings. The van der Waals surface area contributed by atoms with Gasteiger partial charge in [0.15, 0.2) is 9.84 Å². The Morgan fingerprint density at radius 1 is 1.15 bits per heavy atom. The van der Waals surface area contributed by atoms with E-state index in [1.807, 2.05) is 6.07 Å². The maximum absolute atomic E-state index is 11.4. The molecule has 2 aromatic carbocycles. The van der Waals surface area contributed by atoms with Crippen molar-refractivity contribution >= 4 is 33.2 Å². The molecule has 0 aliphatic heterocycles. The molecule has 0 radical (unpaired) electrons. The molecule has 6 heteroatoms. The molecule has 0 spiro atoms. The first-order valence-electron chi connectivity index (χ1n) is 5.77. The highest BCUT2D eigenvalue weighted by atomic mass is 35.5. The predicted molar refractivity (Wildman–Crippen MR) is 81.0 cm³/mol. The van der Waals surface area contributed by atoms with Crippen LogP contribution in [0.15, 0.2) is 57.2 Å². The zero-order chi connectivity index (χ0) is 14.8. The first kappa shape index (κ1) is 15.4. The number of aliphatic hydroxyl groups excluding tert-OH is 1. The monoisotopic (exact) mass is 328 g/mol. The van der Waals surface area contributed by atoms with Crippen molar-refractivity contribution in [2.75, 3.05) is 6.26 Å². The first-order valence-corrected chi connectivity index (χ1v) is 8.86. The summed E-state index contributed by atoms with van der Waals surface area (Å²) < 4.78 is 22.8. The minimum atomic E-state index is -3.17. The SMILES string of the molecule is CS(=O)(=O)c1ccc(Sc2ccc(CO)cc2Cl)cc1. The Bertz CT molecular complexity index is 710. The summed E-state index contributed by atoms with van der Waals surface area (Å²) in [4.78, 5) is 2.05. The highest BCUT2D eigenvalue weighted by molar-refractivity contribution is 7.99. The molecule has 0 aliphatic carbocycles. The topological polar surface area (TPSA) is 54.4 Å². The molecule has 2 rings (SSSR count). The molecular weight excluding hydrogens is 316 g/mol. The molecule has 0 bridgehead atoms. The van der Waals surface area contributed by atoms with Crippen molar-refractivity contribution in [3.8, 4) is 0 Å². The molecular formula is C14H13ClO3S2. The predicted octanol–water partition coefficient (Wildman–Crippen LogP) is 3.39. The van der Waals surface area contributed by atoms with Crippen LogP contribution < -0.4 is 0 Å². The maximum Gasteiger partial charge on any atom is 0.175 e. The van der Waals surface area contributed by atoms with E-state index in [-0.39, 0.29) is 6.61 Å². The van der Waals surface area contributed by atoms with Crippen LogP contribution in [0.5, 0.6) is 0 Å². The number of halogens is 1. The number of sulfone groups is 1. The van der Waals surface area contributed by atoms with Gasteiger partial charge in [-0.3, -0.25) is 0 Å². The Kier molecular flexibility index (Phi) is 4.75. The second-order valence-corrected chi connectivity index (χ2v) is 7.81. The summed E-state index contributed by atoms with van der Waals surface area (Å²) in [7, 11) is -3.17. The molecule has 0 atom stereocenters. The summed E-state index contributed by atoms with van der Waals surface area (Å²) in [6.07, 6.45) is 1.18. The molecule has 0 saturated carbocycles. The highest BCUT2D eigenvalue weighted by Crippen LogP contribution is 2.34. The molecule has 0 unspecified atom stereocenters. The van der Waals surface area contributed by atoms with Gasteiger partial charge in [0.05, 0.1) is 16.5 Å². The van der Waals surface area contributed by atoms with Crippen molar-refractivity contribution < 1.29 is 13.5 Å². The highest BCUT2D eigenvalue weighted by Gasteiger charge is 2.08. The largest absolute Gasteiger partial charge is 0.392 e. The standard InChI is InChI=1S/C14H13ClO3S2/c1-20(17,18)12-5-3-11(4-6-12)19-14-7-2-10(9-16)8-13(14)15/h2-8,16H,9H2,1H3. The fourth-order valence-electron chi connectivity index (χ4n) is 1.61. The van der Waals surface area contributed by atoms with Gasteiger partial charge < -0.3 is 5.11 Å². The number of benzene rings is 2. The molecule has 20 heavy (non-hydrogen) atoms. The number of aliphatic hydroxyl groups is 1. The Hall–Kier alpha value is -1.01. The Morgan fingerprint density at radius 3 is 2.30 bits per heavy atom.